The lowest BCUT2D eigenvalue weighted by Crippen LogP contribution is -2.43. The van der Waals surface area contributed by atoms with Gasteiger partial charge in [0, 0.05) is 12.7 Å². The van der Waals surface area contributed by atoms with Gasteiger partial charge in [0.15, 0.2) is 29.3 Å². The number of oxazole rings is 1. The van der Waals surface area contributed by atoms with Gasteiger partial charge in [0.25, 0.3) is 5.91 Å². The van der Waals surface area contributed by atoms with Gasteiger partial charge in [-0.15, -0.1) is 0 Å². The summed E-state index contributed by atoms with van der Waals surface area (Å²) in [6, 6.07) is 5.46. The van der Waals surface area contributed by atoms with Crippen LogP contribution in [0, 0.1) is 0 Å². The maximum absolute atomic E-state index is 12.9. The number of nitrogens with zero attached hydrogens (tertiary/aromatic N) is 1. The molecule has 2 aliphatic rings. The van der Waals surface area contributed by atoms with Gasteiger partial charge >= 0.3 is 0 Å². The molecular formula is C20H24N2O5. The highest BCUT2D eigenvalue weighted by Gasteiger charge is 2.28. The van der Waals surface area contributed by atoms with E-state index in [1.807, 2.05) is 18.2 Å². The molecule has 2 aromatic rings. The lowest BCUT2D eigenvalue weighted by atomic mass is 10.0. The zero-order chi connectivity index (χ0) is 18.6. The summed E-state index contributed by atoms with van der Waals surface area (Å²) < 4.78 is 22.3. The molecule has 0 bridgehead atoms. The molecule has 2 heterocycles. The molecule has 1 N–H and O–H groups in total. The number of benzene rings is 1. The molecule has 1 aliphatic carbocycles. The number of hydrogen-bond donors (Lipinski definition) is 1. The standard InChI is InChI=1S/C20H24N2O5/c1-24-15-6-4-2-3-5-14(15)22-20(23)18-19(27-12-21-18)13-7-8-16-17(11-13)26-10-9-25-16/h7-8,11-12,14-15H,2-6,9-10H2,1H3,(H,22,23). The number of carbonyl (C=O) groups excluding carboxylic acids is 1. The van der Waals surface area contributed by atoms with Gasteiger partial charge in [-0.2, -0.15) is 0 Å². The van der Waals surface area contributed by atoms with Crippen molar-refractivity contribution in [2.24, 2.45) is 0 Å². The average molecular weight is 372 g/mol. The van der Waals surface area contributed by atoms with Crippen LogP contribution in [0.1, 0.15) is 42.6 Å². The summed E-state index contributed by atoms with van der Waals surface area (Å²) in [5.74, 6) is 1.51. The van der Waals surface area contributed by atoms with Gasteiger partial charge < -0.3 is 23.9 Å². The number of methoxy groups -OCH3 is 1. The second kappa shape index (κ2) is 8.00. The summed E-state index contributed by atoms with van der Waals surface area (Å²) in [6.45, 7) is 1.03. The van der Waals surface area contributed by atoms with Gasteiger partial charge in [0.05, 0.1) is 12.1 Å². The average Bonchev–Trinajstić information content (AvgIpc) is 3.09. The first-order valence-electron chi connectivity index (χ1n) is 9.43. The quantitative estimate of drug-likeness (QED) is 0.830. The van der Waals surface area contributed by atoms with Crippen molar-refractivity contribution in [2.45, 2.75) is 44.2 Å². The largest absolute Gasteiger partial charge is 0.486 e. The summed E-state index contributed by atoms with van der Waals surface area (Å²) in [7, 11) is 1.70. The van der Waals surface area contributed by atoms with E-state index in [0.29, 0.717) is 30.5 Å². The van der Waals surface area contributed by atoms with Crippen LogP contribution in [0.2, 0.25) is 0 Å². The third-order valence-electron chi connectivity index (χ3n) is 5.16. The summed E-state index contributed by atoms with van der Waals surface area (Å²) in [4.78, 5) is 17.0. The molecule has 7 heteroatoms. The molecule has 1 amide bonds. The third-order valence-corrected chi connectivity index (χ3v) is 5.16. The topological polar surface area (TPSA) is 82.8 Å². The molecule has 1 fully saturated rings. The molecule has 0 spiro atoms. The molecule has 7 nitrogen and oxygen atoms in total. The van der Waals surface area contributed by atoms with Crippen LogP contribution in [0.4, 0.5) is 0 Å². The van der Waals surface area contributed by atoms with E-state index >= 15 is 0 Å². The van der Waals surface area contributed by atoms with Crippen molar-refractivity contribution in [3.63, 3.8) is 0 Å². The van der Waals surface area contributed by atoms with Gasteiger partial charge in [-0.3, -0.25) is 4.79 Å². The number of ether oxygens (including phenoxy) is 3. The molecule has 1 saturated carbocycles. The maximum atomic E-state index is 12.9. The minimum atomic E-state index is -0.248. The highest BCUT2D eigenvalue weighted by molar-refractivity contribution is 5.98. The zero-order valence-electron chi connectivity index (χ0n) is 15.4. The van der Waals surface area contributed by atoms with Crippen LogP contribution >= 0.6 is 0 Å². The van der Waals surface area contributed by atoms with Crippen molar-refractivity contribution in [3.05, 3.63) is 30.3 Å². The van der Waals surface area contributed by atoms with Gasteiger partial charge in [0.2, 0.25) is 0 Å². The molecule has 1 aliphatic heterocycles. The van der Waals surface area contributed by atoms with E-state index in [4.69, 9.17) is 18.6 Å². The van der Waals surface area contributed by atoms with Crippen molar-refractivity contribution in [1.82, 2.24) is 10.3 Å². The van der Waals surface area contributed by atoms with E-state index in [0.717, 1.165) is 31.2 Å². The summed E-state index contributed by atoms with van der Waals surface area (Å²) in [5.41, 5.74) is 0.997. The van der Waals surface area contributed by atoms with Gasteiger partial charge in [0.1, 0.15) is 13.2 Å². The fourth-order valence-electron chi connectivity index (χ4n) is 3.75. The van der Waals surface area contributed by atoms with Crippen molar-refractivity contribution in [1.29, 1.82) is 0 Å². The Balaban J connectivity index is 1.55. The predicted molar refractivity (Wildman–Crippen MR) is 98.1 cm³/mol. The first-order chi connectivity index (χ1) is 13.3. The Kier molecular flexibility index (Phi) is 5.29. The summed E-state index contributed by atoms with van der Waals surface area (Å²) in [5, 5.41) is 3.09. The zero-order valence-corrected chi connectivity index (χ0v) is 15.4. The van der Waals surface area contributed by atoms with Gasteiger partial charge in [-0.25, -0.2) is 4.98 Å². The number of aromatic nitrogens is 1. The first-order valence-corrected chi connectivity index (χ1v) is 9.43. The van der Waals surface area contributed by atoms with Crippen molar-refractivity contribution in [2.75, 3.05) is 20.3 Å². The van der Waals surface area contributed by atoms with Crippen molar-refractivity contribution < 1.29 is 23.4 Å². The second-order valence-corrected chi connectivity index (χ2v) is 6.88. The molecule has 0 radical (unpaired) electrons. The number of fused-ring (bicyclic) bond motifs is 1. The monoisotopic (exact) mass is 372 g/mol. The van der Waals surface area contributed by atoms with Crippen LogP contribution in [0.25, 0.3) is 11.3 Å². The van der Waals surface area contributed by atoms with Crippen LogP contribution in [0.15, 0.2) is 29.0 Å². The number of carbonyl (C=O) groups is 1. The molecule has 1 aromatic carbocycles. The van der Waals surface area contributed by atoms with E-state index in [1.54, 1.807) is 7.11 Å². The highest BCUT2D eigenvalue weighted by atomic mass is 16.6. The minimum Gasteiger partial charge on any atom is -0.486 e. The lowest BCUT2D eigenvalue weighted by molar-refractivity contribution is 0.0566. The second-order valence-electron chi connectivity index (χ2n) is 6.88. The molecule has 1 aromatic heterocycles. The predicted octanol–water partition coefficient (Wildman–Crippen LogP) is 3.19. The molecule has 2 atom stereocenters. The Bertz CT molecular complexity index is 803. The van der Waals surface area contributed by atoms with E-state index in [2.05, 4.69) is 10.3 Å². The molecule has 144 valence electrons. The van der Waals surface area contributed by atoms with Crippen molar-refractivity contribution in [3.8, 4) is 22.8 Å². The Morgan fingerprint density at radius 1 is 1.15 bits per heavy atom. The fourth-order valence-corrected chi connectivity index (χ4v) is 3.75. The molecular weight excluding hydrogens is 348 g/mol. The van der Waals surface area contributed by atoms with Crippen molar-refractivity contribution >= 4 is 5.91 Å². The summed E-state index contributed by atoms with van der Waals surface area (Å²) >= 11 is 0. The number of rotatable bonds is 4. The van der Waals surface area contributed by atoms with Gasteiger partial charge in [-0.1, -0.05) is 19.3 Å². The molecule has 4 rings (SSSR count). The Morgan fingerprint density at radius 2 is 1.96 bits per heavy atom. The number of nitrogens with one attached hydrogen (secondary N) is 1. The summed E-state index contributed by atoms with van der Waals surface area (Å²) in [6.07, 6.45) is 6.55. The number of hydrogen-bond acceptors (Lipinski definition) is 6. The van der Waals surface area contributed by atoms with E-state index in [9.17, 15) is 4.79 Å². The fraction of sp³-hybridized carbons (Fsp3) is 0.500. The van der Waals surface area contributed by atoms with Gasteiger partial charge in [-0.05, 0) is 31.0 Å². The molecule has 27 heavy (non-hydrogen) atoms. The van der Waals surface area contributed by atoms with Crippen LogP contribution in [-0.4, -0.2) is 43.4 Å². The third kappa shape index (κ3) is 3.78. The first kappa shape index (κ1) is 17.9. The number of amides is 1. The molecule has 0 saturated heterocycles. The Morgan fingerprint density at radius 3 is 2.81 bits per heavy atom. The maximum Gasteiger partial charge on any atom is 0.274 e. The Hall–Kier alpha value is -2.54. The normalized spacial score (nSPS) is 22.1. The molecule has 2 unspecified atom stereocenters. The highest BCUT2D eigenvalue weighted by Crippen LogP contribution is 2.35. The van der Waals surface area contributed by atoms with E-state index in [1.165, 1.54) is 12.8 Å². The van der Waals surface area contributed by atoms with E-state index in [-0.39, 0.29) is 23.7 Å². The smallest absolute Gasteiger partial charge is 0.274 e. The SMILES string of the molecule is COC1CCCCCC1NC(=O)c1ncoc1-c1ccc2c(c1)OCCO2. The van der Waals surface area contributed by atoms with Crippen LogP contribution in [0.5, 0.6) is 11.5 Å². The van der Waals surface area contributed by atoms with Crippen LogP contribution in [-0.2, 0) is 4.74 Å². The van der Waals surface area contributed by atoms with E-state index < -0.39 is 0 Å². The van der Waals surface area contributed by atoms with Crippen LogP contribution < -0.4 is 14.8 Å². The minimum absolute atomic E-state index is 0.0187. The van der Waals surface area contributed by atoms with Crippen LogP contribution in [0.3, 0.4) is 0 Å². The lowest BCUT2D eigenvalue weighted by Gasteiger charge is -2.24. The Labute approximate surface area is 158 Å².